The molecule has 0 spiro atoms. The molecule has 2 fully saturated rings. The van der Waals surface area contributed by atoms with Gasteiger partial charge in [0.1, 0.15) is 5.82 Å². The topological polar surface area (TPSA) is 46.0 Å². The highest BCUT2D eigenvalue weighted by molar-refractivity contribution is 7.99. The molecule has 1 saturated heterocycles. The van der Waals surface area contributed by atoms with E-state index in [1.165, 1.54) is 23.7 Å². The summed E-state index contributed by atoms with van der Waals surface area (Å²) in [4.78, 5) is 12.4. The number of benzene rings is 1. The number of fused-ring (bicyclic) bond motifs is 1. The second kappa shape index (κ2) is 9.68. The maximum Gasteiger partial charge on any atom is 0.190 e. The Balaban J connectivity index is 1.46. The van der Waals surface area contributed by atoms with E-state index < -0.39 is 0 Å². The first-order chi connectivity index (χ1) is 17.1. The summed E-state index contributed by atoms with van der Waals surface area (Å²) >= 11 is 1.75. The Hall–Kier alpha value is -2.05. The lowest BCUT2D eigenvalue weighted by Crippen LogP contribution is -2.63. The zero-order valence-corrected chi connectivity index (χ0v) is 24.0. The van der Waals surface area contributed by atoms with E-state index in [1.807, 2.05) is 0 Å². The largest absolute Gasteiger partial charge is 0.367 e. The smallest absolute Gasteiger partial charge is 0.190 e. The molecular weight excluding hydrogens is 462 g/mol. The van der Waals surface area contributed by atoms with E-state index in [-0.39, 0.29) is 11.1 Å². The van der Waals surface area contributed by atoms with Crippen molar-refractivity contribution < 1.29 is 0 Å². The molecular formula is C30H43N5S. The predicted molar refractivity (Wildman–Crippen MR) is 154 cm³/mol. The van der Waals surface area contributed by atoms with Crippen LogP contribution in [-0.2, 0) is 0 Å². The lowest BCUT2D eigenvalue weighted by atomic mass is 9.76. The van der Waals surface area contributed by atoms with Crippen LogP contribution in [-0.4, -0.2) is 48.3 Å². The van der Waals surface area contributed by atoms with Crippen LogP contribution in [0.5, 0.6) is 0 Å². The number of likely N-dealkylation sites (tertiary alicyclic amines) is 1. The molecule has 3 aromatic rings. The molecule has 1 saturated carbocycles. The third-order valence-electron chi connectivity index (χ3n) is 7.77. The van der Waals surface area contributed by atoms with Gasteiger partial charge in [0.2, 0.25) is 0 Å². The Morgan fingerprint density at radius 3 is 2.39 bits per heavy atom. The Kier molecular flexibility index (Phi) is 6.88. The second-order valence-electron chi connectivity index (χ2n) is 12.3. The first kappa shape index (κ1) is 25.6. The highest BCUT2D eigenvalue weighted by Crippen LogP contribution is 2.45. The number of rotatable bonds is 8. The van der Waals surface area contributed by atoms with Crippen molar-refractivity contribution in [3.63, 3.8) is 0 Å². The minimum atomic E-state index is 0.148. The Morgan fingerprint density at radius 1 is 1.03 bits per heavy atom. The summed E-state index contributed by atoms with van der Waals surface area (Å²) in [7, 11) is 0. The van der Waals surface area contributed by atoms with Crippen molar-refractivity contribution in [3.8, 4) is 11.3 Å². The Labute approximate surface area is 221 Å². The fourth-order valence-corrected chi connectivity index (χ4v) is 7.53. The van der Waals surface area contributed by atoms with Crippen LogP contribution in [0.4, 0.5) is 5.82 Å². The minimum absolute atomic E-state index is 0.148. The van der Waals surface area contributed by atoms with Gasteiger partial charge < -0.3 is 9.88 Å². The van der Waals surface area contributed by atoms with Crippen molar-refractivity contribution in [1.82, 2.24) is 19.4 Å². The van der Waals surface area contributed by atoms with Crippen LogP contribution in [0.25, 0.3) is 22.2 Å². The van der Waals surface area contributed by atoms with Gasteiger partial charge in [-0.3, -0.25) is 4.90 Å². The molecule has 6 heteroatoms. The molecule has 0 radical (unpaired) electrons. The Morgan fingerprint density at radius 2 is 1.75 bits per heavy atom. The van der Waals surface area contributed by atoms with E-state index in [4.69, 9.17) is 9.97 Å². The van der Waals surface area contributed by atoms with Crippen LogP contribution < -0.4 is 5.32 Å². The van der Waals surface area contributed by atoms with Gasteiger partial charge in [0.25, 0.3) is 0 Å². The first-order valence-corrected chi connectivity index (χ1v) is 14.7. The molecule has 0 atom stereocenters. The van der Waals surface area contributed by atoms with Crippen molar-refractivity contribution >= 4 is 28.5 Å². The van der Waals surface area contributed by atoms with E-state index in [2.05, 4.69) is 99.8 Å². The molecule has 1 N–H and O–H groups in total. The van der Waals surface area contributed by atoms with Crippen molar-refractivity contribution in [1.29, 1.82) is 0 Å². The van der Waals surface area contributed by atoms with Crippen LogP contribution in [0.2, 0.25) is 0 Å². The van der Waals surface area contributed by atoms with Crippen molar-refractivity contribution in [2.24, 2.45) is 0 Å². The monoisotopic (exact) mass is 505 g/mol. The molecule has 5 rings (SSSR count). The van der Waals surface area contributed by atoms with E-state index in [0.717, 1.165) is 47.2 Å². The summed E-state index contributed by atoms with van der Waals surface area (Å²) in [5.74, 6) is 2.00. The van der Waals surface area contributed by atoms with Crippen LogP contribution >= 0.6 is 11.8 Å². The van der Waals surface area contributed by atoms with Gasteiger partial charge in [0.15, 0.2) is 5.16 Å². The average Bonchev–Trinajstić information content (AvgIpc) is 3.49. The first-order valence-electron chi connectivity index (χ1n) is 13.8. The standard InChI is InChI=1S/C30H43N5S/c1-8-15-36-28-32-25(17-27(33-28)31-23-10-11-23)21-9-12-26-22(16-21)13-14-34(26)24-18-29(4,5)35(20(2)3)30(6,7)19-24/h9,12-14,16-17,20,23-24H,8,10-11,15,18-19H2,1-7H3,(H,31,32,33). The van der Waals surface area contributed by atoms with Crippen LogP contribution in [0, 0.1) is 0 Å². The summed E-state index contributed by atoms with van der Waals surface area (Å²) in [5, 5.41) is 5.74. The summed E-state index contributed by atoms with van der Waals surface area (Å²) < 4.78 is 2.53. The van der Waals surface area contributed by atoms with Gasteiger partial charge in [-0.15, -0.1) is 0 Å². The quantitative estimate of drug-likeness (QED) is 0.250. The molecule has 2 aromatic heterocycles. The highest BCUT2D eigenvalue weighted by Gasteiger charge is 2.46. The van der Waals surface area contributed by atoms with E-state index in [9.17, 15) is 0 Å². The molecule has 1 aliphatic heterocycles. The third-order valence-corrected chi connectivity index (χ3v) is 8.82. The molecule has 1 aromatic carbocycles. The molecule has 0 amide bonds. The Bertz CT molecular complexity index is 1210. The maximum atomic E-state index is 4.93. The summed E-state index contributed by atoms with van der Waals surface area (Å²) in [5.41, 5.74) is 3.79. The van der Waals surface area contributed by atoms with Gasteiger partial charge in [0, 0.05) is 63.7 Å². The van der Waals surface area contributed by atoms with Gasteiger partial charge in [-0.2, -0.15) is 0 Å². The van der Waals surface area contributed by atoms with E-state index in [1.54, 1.807) is 11.8 Å². The predicted octanol–water partition coefficient (Wildman–Crippen LogP) is 7.78. The fraction of sp³-hybridized carbons (Fsp3) is 0.600. The number of anilines is 1. The lowest BCUT2D eigenvalue weighted by molar-refractivity contribution is -0.0689. The zero-order valence-electron chi connectivity index (χ0n) is 23.1. The number of thioether (sulfide) groups is 1. The number of nitrogens with one attached hydrogen (secondary N) is 1. The normalized spacial score (nSPS) is 20.3. The number of piperidine rings is 1. The number of aromatic nitrogens is 3. The highest BCUT2D eigenvalue weighted by atomic mass is 32.2. The van der Waals surface area contributed by atoms with Crippen molar-refractivity contribution in [3.05, 3.63) is 36.5 Å². The van der Waals surface area contributed by atoms with E-state index in [0.29, 0.717) is 18.1 Å². The van der Waals surface area contributed by atoms with Gasteiger partial charge in [-0.25, -0.2) is 9.97 Å². The molecule has 0 bridgehead atoms. The number of nitrogens with zero attached hydrogens (tertiary/aromatic N) is 4. The van der Waals surface area contributed by atoms with Crippen molar-refractivity contribution in [2.45, 2.75) is 115 Å². The zero-order chi connectivity index (χ0) is 25.7. The van der Waals surface area contributed by atoms with Crippen LogP contribution in [0.3, 0.4) is 0 Å². The van der Waals surface area contributed by atoms with Gasteiger partial charge >= 0.3 is 0 Å². The molecule has 36 heavy (non-hydrogen) atoms. The molecule has 0 unspecified atom stereocenters. The van der Waals surface area contributed by atoms with E-state index >= 15 is 0 Å². The van der Waals surface area contributed by atoms with Gasteiger partial charge in [-0.1, -0.05) is 24.8 Å². The van der Waals surface area contributed by atoms with Crippen LogP contribution in [0.15, 0.2) is 41.7 Å². The minimum Gasteiger partial charge on any atom is -0.367 e. The SMILES string of the molecule is CCCSc1nc(NC2CC2)cc(-c2ccc3c(ccn3C3CC(C)(C)N(C(C)C)C(C)(C)C3)c2)n1. The molecule has 3 heterocycles. The average molecular weight is 506 g/mol. The third kappa shape index (κ3) is 5.17. The van der Waals surface area contributed by atoms with Gasteiger partial charge in [-0.05, 0) is 91.8 Å². The maximum absolute atomic E-state index is 4.93. The van der Waals surface area contributed by atoms with Crippen molar-refractivity contribution in [2.75, 3.05) is 11.1 Å². The fourth-order valence-electron chi connectivity index (χ4n) is 6.82. The molecule has 5 nitrogen and oxygen atoms in total. The second-order valence-corrected chi connectivity index (χ2v) is 13.4. The number of hydrogen-bond acceptors (Lipinski definition) is 5. The summed E-state index contributed by atoms with van der Waals surface area (Å²) in [6.07, 6.45) is 8.20. The molecule has 194 valence electrons. The van der Waals surface area contributed by atoms with Gasteiger partial charge in [0.05, 0.1) is 5.69 Å². The summed E-state index contributed by atoms with van der Waals surface area (Å²) in [6, 6.07) is 12.9. The number of hydrogen-bond donors (Lipinski definition) is 1. The molecule has 1 aliphatic carbocycles. The van der Waals surface area contributed by atoms with Crippen LogP contribution in [0.1, 0.15) is 86.6 Å². The lowest BCUT2D eigenvalue weighted by Gasteiger charge is -2.57. The molecule has 2 aliphatic rings. The summed E-state index contributed by atoms with van der Waals surface area (Å²) in [6.45, 7) is 16.5.